The molecular weight excluding hydrogens is 140 g/mol. The third-order valence-corrected chi connectivity index (χ3v) is 0.756. The van der Waals surface area contributed by atoms with Crippen molar-refractivity contribution in [2.75, 3.05) is 0 Å². The first-order valence-corrected chi connectivity index (χ1v) is 2.43. The Morgan fingerprint density at radius 1 is 0.900 bits per heavy atom. The first kappa shape index (κ1) is 8.54. The summed E-state index contributed by atoms with van der Waals surface area (Å²) in [5.41, 5.74) is 0. The molecule has 6 nitrogen and oxygen atoms in total. The van der Waals surface area contributed by atoms with Gasteiger partial charge in [-0.25, -0.2) is 0 Å². The Hall–Kier alpha value is -1.46. The van der Waals surface area contributed by atoms with Crippen LogP contribution in [-0.4, -0.2) is 11.8 Å². The van der Waals surface area contributed by atoms with E-state index in [4.69, 9.17) is 0 Å². The summed E-state index contributed by atoms with van der Waals surface area (Å²) in [5, 5.41) is 4.02. The van der Waals surface area contributed by atoms with Crippen LogP contribution in [0.15, 0.2) is 10.4 Å². The van der Waals surface area contributed by atoms with Gasteiger partial charge in [0.05, 0.1) is 0 Å². The first-order chi connectivity index (χ1) is 4.70. The number of nitrogens with zero attached hydrogens (tertiary/aromatic N) is 2. The number of rotatable bonds is 3. The molecule has 0 radical (unpaired) electrons. The maximum absolute atomic E-state index is 10.1. The minimum atomic E-state index is -0.947. The summed E-state index contributed by atoms with van der Waals surface area (Å²) >= 11 is 0. The predicted octanol–water partition coefficient (Wildman–Crippen LogP) is 0.353. The Bertz CT molecular complexity index is 156. The van der Waals surface area contributed by atoms with Crippen LogP contribution in [0.5, 0.6) is 0 Å². The second-order valence-electron chi connectivity index (χ2n) is 1.47. The zero-order chi connectivity index (χ0) is 7.98. The van der Waals surface area contributed by atoms with Crippen LogP contribution in [0.1, 0.15) is 12.8 Å². The fourth-order valence-electron chi connectivity index (χ4n) is 0.305. The predicted molar refractivity (Wildman–Crippen MR) is 30.8 cm³/mol. The average Bonchev–Trinajstić information content (AvgIpc) is 1.99. The number of hydrogen-bond donors (Lipinski definition) is 0. The molecule has 6 heteroatoms. The fourth-order valence-corrected chi connectivity index (χ4v) is 0.305. The van der Waals surface area contributed by atoms with Crippen LogP contribution >= 0.6 is 0 Å². The van der Waals surface area contributed by atoms with Crippen molar-refractivity contribution >= 4 is 11.8 Å². The average molecular weight is 144 g/mol. The number of hydrogen-bond acceptors (Lipinski definition) is 4. The molecule has 0 aromatic carbocycles. The Labute approximate surface area is 55.5 Å². The van der Waals surface area contributed by atoms with E-state index >= 15 is 0 Å². The summed E-state index contributed by atoms with van der Waals surface area (Å²) in [4.78, 5) is 38.9. The molecule has 0 aromatic heterocycles. The third kappa shape index (κ3) is 3.53. The van der Waals surface area contributed by atoms with Crippen molar-refractivity contribution < 1.29 is 9.59 Å². The summed E-state index contributed by atoms with van der Waals surface area (Å²) in [6.07, 6.45) is -0.678. The van der Waals surface area contributed by atoms with Crippen LogP contribution in [0.2, 0.25) is 0 Å². The van der Waals surface area contributed by atoms with Gasteiger partial charge in [0.15, 0.2) is 0 Å². The minimum absolute atomic E-state index is 0.339. The van der Waals surface area contributed by atoms with Crippen LogP contribution in [0.3, 0.4) is 0 Å². The standard InChI is InChI=1S/C4H4N2O4/c7-3(5-9)1-2-4(8)6-10/h1-2H2. The lowest BCUT2D eigenvalue weighted by Gasteiger charge is -1.83. The van der Waals surface area contributed by atoms with E-state index in [0.717, 1.165) is 0 Å². The Morgan fingerprint density at radius 2 is 1.20 bits per heavy atom. The molecule has 10 heavy (non-hydrogen) atoms. The van der Waals surface area contributed by atoms with Gasteiger partial charge in [-0.3, -0.25) is 9.59 Å². The molecular formula is C4H4N2O4. The van der Waals surface area contributed by atoms with Gasteiger partial charge in [0.1, 0.15) is 0 Å². The minimum Gasteiger partial charge on any atom is -0.269 e. The number of carbonyl (C=O) groups is 2. The molecule has 0 aromatic rings. The molecule has 2 amide bonds. The van der Waals surface area contributed by atoms with E-state index in [2.05, 4.69) is 0 Å². The lowest BCUT2D eigenvalue weighted by Crippen LogP contribution is -1.97. The van der Waals surface area contributed by atoms with Crippen LogP contribution in [0.25, 0.3) is 0 Å². The maximum Gasteiger partial charge on any atom is 0.286 e. The topological polar surface area (TPSA) is 93.0 Å². The molecule has 0 aliphatic carbocycles. The molecule has 0 unspecified atom stereocenters. The van der Waals surface area contributed by atoms with E-state index in [1.807, 2.05) is 10.4 Å². The summed E-state index contributed by atoms with van der Waals surface area (Å²) < 4.78 is 0. The SMILES string of the molecule is O=NC(=O)CCC(=O)N=O. The van der Waals surface area contributed by atoms with E-state index in [9.17, 15) is 19.4 Å². The lowest BCUT2D eigenvalue weighted by atomic mass is 10.3. The highest BCUT2D eigenvalue weighted by atomic mass is 16.3. The van der Waals surface area contributed by atoms with Crippen molar-refractivity contribution in [1.29, 1.82) is 0 Å². The zero-order valence-electron chi connectivity index (χ0n) is 4.94. The van der Waals surface area contributed by atoms with Crippen LogP contribution in [-0.2, 0) is 9.59 Å². The van der Waals surface area contributed by atoms with E-state index in [1.54, 1.807) is 0 Å². The summed E-state index contributed by atoms with van der Waals surface area (Å²) in [7, 11) is 0. The zero-order valence-corrected chi connectivity index (χ0v) is 4.94. The van der Waals surface area contributed by atoms with Crippen molar-refractivity contribution in [3.8, 4) is 0 Å². The van der Waals surface area contributed by atoms with E-state index in [1.165, 1.54) is 0 Å². The van der Waals surface area contributed by atoms with Gasteiger partial charge < -0.3 is 0 Å². The van der Waals surface area contributed by atoms with Gasteiger partial charge in [0, 0.05) is 23.2 Å². The van der Waals surface area contributed by atoms with Gasteiger partial charge in [-0.05, 0) is 0 Å². The van der Waals surface area contributed by atoms with Crippen molar-refractivity contribution in [2.24, 2.45) is 10.4 Å². The van der Waals surface area contributed by atoms with Gasteiger partial charge in [-0.15, -0.1) is 9.81 Å². The van der Waals surface area contributed by atoms with Gasteiger partial charge >= 0.3 is 0 Å². The van der Waals surface area contributed by atoms with Gasteiger partial charge in [0.2, 0.25) is 0 Å². The van der Waals surface area contributed by atoms with Crippen molar-refractivity contribution in [3.05, 3.63) is 9.81 Å². The monoisotopic (exact) mass is 144 g/mol. The summed E-state index contributed by atoms with van der Waals surface area (Å²) in [6, 6.07) is 0. The largest absolute Gasteiger partial charge is 0.286 e. The highest BCUT2D eigenvalue weighted by Crippen LogP contribution is 1.93. The first-order valence-electron chi connectivity index (χ1n) is 2.43. The van der Waals surface area contributed by atoms with Crippen molar-refractivity contribution in [2.45, 2.75) is 12.8 Å². The highest BCUT2D eigenvalue weighted by Gasteiger charge is 2.05. The van der Waals surface area contributed by atoms with Crippen LogP contribution in [0.4, 0.5) is 0 Å². The molecule has 0 spiro atoms. The number of nitroso groups, excluding NO2 is 2. The van der Waals surface area contributed by atoms with Crippen LogP contribution in [0, 0.1) is 9.81 Å². The van der Waals surface area contributed by atoms with E-state index < -0.39 is 11.8 Å². The third-order valence-electron chi connectivity index (χ3n) is 0.756. The molecule has 0 aliphatic heterocycles. The van der Waals surface area contributed by atoms with Crippen LogP contribution < -0.4 is 0 Å². The molecule has 54 valence electrons. The van der Waals surface area contributed by atoms with Gasteiger partial charge in [-0.1, -0.05) is 0 Å². The lowest BCUT2D eigenvalue weighted by molar-refractivity contribution is -0.123. The Balaban J connectivity index is 3.54. The summed E-state index contributed by atoms with van der Waals surface area (Å²) in [5.74, 6) is -1.89. The Morgan fingerprint density at radius 3 is 1.40 bits per heavy atom. The molecule has 0 rings (SSSR count). The fraction of sp³-hybridized carbons (Fsp3) is 0.500. The Kier molecular flexibility index (Phi) is 3.78. The quantitative estimate of drug-likeness (QED) is 0.534. The molecule has 0 fully saturated rings. The molecule has 0 atom stereocenters. The molecule has 0 saturated carbocycles. The second kappa shape index (κ2) is 4.42. The van der Waals surface area contributed by atoms with Gasteiger partial charge in [-0.2, -0.15) is 0 Å². The second-order valence-corrected chi connectivity index (χ2v) is 1.47. The van der Waals surface area contributed by atoms with Gasteiger partial charge in [0.25, 0.3) is 11.8 Å². The molecule has 0 aliphatic rings. The smallest absolute Gasteiger partial charge is 0.269 e. The van der Waals surface area contributed by atoms with Crippen molar-refractivity contribution in [1.82, 2.24) is 0 Å². The molecule has 0 heterocycles. The van der Waals surface area contributed by atoms with E-state index in [-0.39, 0.29) is 12.8 Å². The summed E-state index contributed by atoms with van der Waals surface area (Å²) in [6.45, 7) is 0. The number of amides is 2. The molecule has 0 saturated heterocycles. The van der Waals surface area contributed by atoms with E-state index in [0.29, 0.717) is 0 Å². The number of carbonyl (C=O) groups excluding carboxylic acids is 2. The maximum atomic E-state index is 10.1. The normalized spacial score (nSPS) is 8.40. The highest BCUT2D eigenvalue weighted by molar-refractivity contribution is 5.84. The van der Waals surface area contributed by atoms with Crippen molar-refractivity contribution in [3.63, 3.8) is 0 Å². The molecule has 0 bridgehead atoms. The molecule has 0 N–H and O–H groups in total.